The van der Waals surface area contributed by atoms with E-state index < -0.39 is 17.7 Å². The van der Waals surface area contributed by atoms with E-state index in [1.54, 1.807) is 0 Å². The Labute approximate surface area is 110 Å². The number of alkyl halides is 3. The number of rotatable bonds is 2. The molecule has 0 saturated carbocycles. The lowest BCUT2D eigenvalue weighted by Gasteiger charge is -2.12. The highest BCUT2D eigenvalue weighted by molar-refractivity contribution is 5.92. The summed E-state index contributed by atoms with van der Waals surface area (Å²) in [6.45, 7) is 0. The molecule has 20 heavy (non-hydrogen) atoms. The number of ether oxygens (including phenoxy) is 1. The molecule has 2 rings (SSSR count). The fraction of sp³-hybridized carbons (Fsp3) is 0.182. The topological polar surface area (TPSA) is 83.0 Å². The van der Waals surface area contributed by atoms with E-state index in [2.05, 4.69) is 15.0 Å². The Morgan fingerprint density at radius 1 is 1.35 bits per heavy atom. The molecule has 0 spiro atoms. The first-order chi connectivity index (χ1) is 9.36. The maximum atomic E-state index is 12.9. The van der Waals surface area contributed by atoms with Gasteiger partial charge in [0.1, 0.15) is 0 Å². The smallest absolute Gasteiger partial charge is 0.418 e. The highest BCUT2D eigenvalue weighted by Crippen LogP contribution is 2.34. The quantitative estimate of drug-likeness (QED) is 0.849. The van der Waals surface area contributed by atoms with Crippen LogP contribution < -0.4 is 5.73 Å². The number of aromatic nitrogens is 3. The van der Waals surface area contributed by atoms with Crippen LogP contribution in [0.5, 0.6) is 0 Å². The fourth-order valence-electron chi connectivity index (χ4n) is 1.61. The number of benzene rings is 1. The third-order valence-electron chi connectivity index (χ3n) is 2.52. The first kappa shape index (κ1) is 13.8. The SMILES string of the molecule is COC(=O)c1nnn(-c2ccccc2C(F)(F)F)c1N. The first-order valence-electron chi connectivity index (χ1n) is 5.32. The van der Waals surface area contributed by atoms with Crippen molar-refractivity contribution in [1.29, 1.82) is 0 Å². The van der Waals surface area contributed by atoms with Gasteiger partial charge in [-0.25, -0.2) is 4.79 Å². The summed E-state index contributed by atoms with van der Waals surface area (Å²) in [6.07, 6.45) is -4.58. The molecule has 9 heteroatoms. The Bertz CT molecular complexity index is 651. The molecule has 0 fully saturated rings. The summed E-state index contributed by atoms with van der Waals surface area (Å²) in [5, 5.41) is 6.90. The first-order valence-corrected chi connectivity index (χ1v) is 5.32. The summed E-state index contributed by atoms with van der Waals surface area (Å²) in [5.41, 5.74) is 3.99. The Morgan fingerprint density at radius 2 is 2.00 bits per heavy atom. The van der Waals surface area contributed by atoms with Gasteiger partial charge in [0.15, 0.2) is 5.82 Å². The lowest BCUT2D eigenvalue weighted by molar-refractivity contribution is -0.137. The fourth-order valence-corrected chi connectivity index (χ4v) is 1.61. The van der Waals surface area contributed by atoms with Crippen LogP contribution in [0.4, 0.5) is 19.0 Å². The van der Waals surface area contributed by atoms with E-state index in [1.165, 1.54) is 18.2 Å². The van der Waals surface area contributed by atoms with Gasteiger partial charge in [-0.3, -0.25) is 0 Å². The Kier molecular flexibility index (Phi) is 3.35. The minimum atomic E-state index is -4.58. The normalized spacial score (nSPS) is 11.4. The van der Waals surface area contributed by atoms with Gasteiger partial charge in [0.25, 0.3) is 0 Å². The van der Waals surface area contributed by atoms with Crippen LogP contribution in [0.1, 0.15) is 16.1 Å². The van der Waals surface area contributed by atoms with Crippen LogP contribution in [0.2, 0.25) is 0 Å². The second-order valence-electron chi connectivity index (χ2n) is 3.74. The average molecular weight is 286 g/mol. The van der Waals surface area contributed by atoms with Crippen LogP contribution >= 0.6 is 0 Å². The van der Waals surface area contributed by atoms with E-state index in [-0.39, 0.29) is 17.2 Å². The molecular formula is C11H9F3N4O2. The van der Waals surface area contributed by atoms with Crippen LogP contribution in [0.3, 0.4) is 0 Å². The number of para-hydroxylation sites is 1. The predicted molar refractivity (Wildman–Crippen MR) is 62.1 cm³/mol. The van der Waals surface area contributed by atoms with Crippen molar-refractivity contribution in [3.05, 3.63) is 35.5 Å². The van der Waals surface area contributed by atoms with Gasteiger partial charge < -0.3 is 10.5 Å². The van der Waals surface area contributed by atoms with Gasteiger partial charge in [-0.05, 0) is 12.1 Å². The van der Waals surface area contributed by atoms with E-state index in [4.69, 9.17) is 5.73 Å². The Balaban J connectivity index is 2.59. The van der Waals surface area contributed by atoms with Crippen molar-refractivity contribution in [2.75, 3.05) is 12.8 Å². The maximum absolute atomic E-state index is 12.9. The number of esters is 1. The molecule has 0 radical (unpaired) electrons. The van der Waals surface area contributed by atoms with Crippen molar-refractivity contribution in [2.24, 2.45) is 0 Å². The number of anilines is 1. The maximum Gasteiger partial charge on any atom is 0.418 e. The van der Waals surface area contributed by atoms with E-state index in [0.29, 0.717) is 0 Å². The molecule has 0 atom stereocenters. The summed E-state index contributed by atoms with van der Waals surface area (Å²) in [5.74, 6) is -1.20. The molecule has 2 aromatic rings. The number of carbonyl (C=O) groups is 1. The van der Waals surface area contributed by atoms with Crippen molar-refractivity contribution in [1.82, 2.24) is 15.0 Å². The molecule has 0 aliphatic rings. The van der Waals surface area contributed by atoms with Gasteiger partial charge >= 0.3 is 12.1 Å². The zero-order valence-electron chi connectivity index (χ0n) is 10.2. The minimum Gasteiger partial charge on any atom is -0.464 e. The summed E-state index contributed by atoms with van der Waals surface area (Å²) in [4.78, 5) is 11.3. The van der Waals surface area contributed by atoms with Crippen LogP contribution in [0.15, 0.2) is 24.3 Å². The van der Waals surface area contributed by atoms with E-state index >= 15 is 0 Å². The second-order valence-corrected chi connectivity index (χ2v) is 3.74. The van der Waals surface area contributed by atoms with E-state index in [9.17, 15) is 18.0 Å². The molecule has 0 amide bonds. The zero-order valence-corrected chi connectivity index (χ0v) is 10.2. The van der Waals surface area contributed by atoms with E-state index in [0.717, 1.165) is 17.9 Å². The van der Waals surface area contributed by atoms with Gasteiger partial charge in [-0.1, -0.05) is 17.3 Å². The Hall–Kier alpha value is -2.58. The molecule has 1 heterocycles. The number of methoxy groups -OCH3 is 1. The van der Waals surface area contributed by atoms with Crippen LogP contribution in [0, 0.1) is 0 Å². The van der Waals surface area contributed by atoms with Gasteiger partial charge in [0.05, 0.1) is 18.4 Å². The summed E-state index contributed by atoms with van der Waals surface area (Å²) in [7, 11) is 1.10. The summed E-state index contributed by atoms with van der Waals surface area (Å²) in [6, 6.07) is 4.69. The average Bonchev–Trinajstić information content (AvgIpc) is 2.78. The third-order valence-corrected chi connectivity index (χ3v) is 2.52. The summed E-state index contributed by atoms with van der Waals surface area (Å²) < 4.78 is 43.9. The highest BCUT2D eigenvalue weighted by atomic mass is 19.4. The van der Waals surface area contributed by atoms with Crippen molar-refractivity contribution in [3.63, 3.8) is 0 Å². The number of nitrogens with zero attached hydrogens (tertiary/aromatic N) is 3. The number of carbonyl (C=O) groups excluding carboxylic acids is 1. The molecule has 0 bridgehead atoms. The standard InChI is InChI=1S/C11H9F3N4O2/c1-20-10(19)8-9(15)18(17-16-8)7-5-3-2-4-6(7)11(12,13)14/h2-5H,15H2,1H3. The highest BCUT2D eigenvalue weighted by Gasteiger charge is 2.34. The zero-order chi connectivity index (χ0) is 14.9. The molecule has 1 aromatic carbocycles. The molecule has 1 aromatic heterocycles. The molecule has 0 saturated heterocycles. The number of hydrogen-bond donors (Lipinski definition) is 1. The van der Waals surface area contributed by atoms with Crippen molar-refractivity contribution >= 4 is 11.8 Å². The molecule has 6 nitrogen and oxygen atoms in total. The van der Waals surface area contributed by atoms with Gasteiger partial charge in [0, 0.05) is 0 Å². The van der Waals surface area contributed by atoms with Gasteiger partial charge in [0.2, 0.25) is 5.69 Å². The summed E-state index contributed by atoms with van der Waals surface area (Å²) >= 11 is 0. The van der Waals surface area contributed by atoms with Gasteiger partial charge in [-0.2, -0.15) is 17.9 Å². The molecule has 106 valence electrons. The lowest BCUT2D eigenvalue weighted by atomic mass is 10.1. The van der Waals surface area contributed by atoms with Gasteiger partial charge in [-0.15, -0.1) is 5.10 Å². The number of nitrogen functional groups attached to an aromatic ring is 1. The molecule has 0 aliphatic carbocycles. The number of nitrogens with two attached hydrogens (primary N) is 1. The molecular weight excluding hydrogens is 277 g/mol. The van der Waals surface area contributed by atoms with E-state index in [1.807, 2.05) is 0 Å². The molecule has 0 aliphatic heterocycles. The van der Waals surface area contributed by atoms with Crippen molar-refractivity contribution in [2.45, 2.75) is 6.18 Å². The number of halogens is 3. The van der Waals surface area contributed by atoms with Crippen LogP contribution in [-0.2, 0) is 10.9 Å². The monoisotopic (exact) mass is 286 g/mol. The third kappa shape index (κ3) is 2.29. The second kappa shape index (κ2) is 4.83. The predicted octanol–water partition coefficient (Wildman–Crippen LogP) is 1.65. The molecule has 0 unspecified atom stereocenters. The minimum absolute atomic E-state index is 0.319. The molecule has 2 N–H and O–H groups in total. The van der Waals surface area contributed by atoms with Crippen LogP contribution in [0.25, 0.3) is 5.69 Å². The lowest BCUT2D eigenvalue weighted by Crippen LogP contribution is -2.13. The number of hydrogen-bond acceptors (Lipinski definition) is 5. The van der Waals surface area contributed by atoms with Crippen molar-refractivity contribution in [3.8, 4) is 5.69 Å². The largest absolute Gasteiger partial charge is 0.464 e. The van der Waals surface area contributed by atoms with Crippen molar-refractivity contribution < 1.29 is 22.7 Å². The van der Waals surface area contributed by atoms with Crippen LogP contribution in [-0.4, -0.2) is 28.1 Å². The Morgan fingerprint density at radius 3 is 2.60 bits per heavy atom.